The SMILES string of the molecule is Cc1ccc(O)c(N/N=C2/C=CC=CC2=N)c1. The first-order valence-electron chi connectivity index (χ1n) is 5.24. The third-order valence-electron chi connectivity index (χ3n) is 2.35. The monoisotopic (exact) mass is 227 g/mol. The topological polar surface area (TPSA) is 68.5 Å². The molecule has 0 radical (unpaired) electrons. The number of nitrogens with one attached hydrogen (secondary N) is 2. The fraction of sp³-hybridized carbons (Fsp3) is 0.0769. The fourth-order valence-electron chi connectivity index (χ4n) is 1.43. The van der Waals surface area contributed by atoms with Crippen LogP contribution in [0, 0.1) is 12.3 Å². The van der Waals surface area contributed by atoms with Crippen LogP contribution in [-0.4, -0.2) is 16.5 Å². The van der Waals surface area contributed by atoms with Gasteiger partial charge in [-0.1, -0.05) is 18.2 Å². The number of aromatic hydroxyl groups is 1. The molecule has 0 unspecified atom stereocenters. The zero-order valence-electron chi connectivity index (χ0n) is 9.44. The number of hydrazone groups is 1. The van der Waals surface area contributed by atoms with Crippen molar-refractivity contribution in [2.45, 2.75) is 6.92 Å². The molecule has 0 atom stereocenters. The van der Waals surface area contributed by atoms with E-state index in [9.17, 15) is 5.11 Å². The Hall–Kier alpha value is -2.36. The van der Waals surface area contributed by atoms with E-state index in [2.05, 4.69) is 10.5 Å². The largest absolute Gasteiger partial charge is 0.506 e. The molecule has 2 rings (SSSR count). The maximum atomic E-state index is 9.61. The van der Waals surface area contributed by atoms with E-state index in [1.807, 2.05) is 19.1 Å². The molecule has 3 N–H and O–H groups in total. The van der Waals surface area contributed by atoms with Crippen molar-refractivity contribution in [1.82, 2.24) is 0 Å². The summed E-state index contributed by atoms with van der Waals surface area (Å²) in [7, 11) is 0. The number of phenols is 1. The highest BCUT2D eigenvalue weighted by Crippen LogP contribution is 2.23. The summed E-state index contributed by atoms with van der Waals surface area (Å²) in [6, 6.07) is 5.23. The van der Waals surface area contributed by atoms with Crippen molar-refractivity contribution in [1.29, 1.82) is 5.41 Å². The first-order chi connectivity index (χ1) is 8.16. The Kier molecular flexibility index (Phi) is 3.05. The highest BCUT2D eigenvalue weighted by molar-refractivity contribution is 6.50. The Balaban J connectivity index is 2.19. The minimum absolute atomic E-state index is 0.141. The molecule has 0 aliphatic heterocycles. The molecule has 4 heteroatoms. The number of benzene rings is 1. The molecule has 0 saturated heterocycles. The summed E-state index contributed by atoms with van der Waals surface area (Å²) in [6.07, 6.45) is 7.00. The molecule has 1 aliphatic rings. The molecule has 1 aromatic carbocycles. The summed E-state index contributed by atoms with van der Waals surface area (Å²) < 4.78 is 0. The number of phenolic OH excluding ortho intramolecular Hbond substituents is 1. The Bertz CT molecular complexity index is 542. The Morgan fingerprint density at radius 2 is 2.00 bits per heavy atom. The smallest absolute Gasteiger partial charge is 0.140 e. The summed E-state index contributed by atoms with van der Waals surface area (Å²) in [5.74, 6) is 0.141. The van der Waals surface area contributed by atoms with Crippen LogP contribution in [0.25, 0.3) is 0 Å². The summed E-state index contributed by atoms with van der Waals surface area (Å²) in [5, 5.41) is 21.3. The third-order valence-corrected chi connectivity index (χ3v) is 2.35. The zero-order valence-corrected chi connectivity index (χ0v) is 9.44. The second-order valence-corrected chi connectivity index (χ2v) is 3.76. The van der Waals surface area contributed by atoms with E-state index in [0.717, 1.165) is 5.56 Å². The number of aryl methyl sites for hydroxylation is 1. The molecule has 0 bridgehead atoms. The zero-order chi connectivity index (χ0) is 12.3. The highest BCUT2D eigenvalue weighted by atomic mass is 16.3. The van der Waals surface area contributed by atoms with Gasteiger partial charge in [0.2, 0.25) is 0 Å². The lowest BCUT2D eigenvalue weighted by molar-refractivity contribution is 0.477. The molecule has 86 valence electrons. The number of hydrogen-bond donors (Lipinski definition) is 3. The van der Waals surface area contributed by atoms with Crippen LogP contribution in [0.15, 0.2) is 47.6 Å². The summed E-state index contributed by atoms with van der Waals surface area (Å²) in [5.41, 5.74) is 5.20. The van der Waals surface area contributed by atoms with Crippen molar-refractivity contribution < 1.29 is 5.11 Å². The average molecular weight is 227 g/mol. The van der Waals surface area contributed by atoms with Gasteiger partial charge in [0.25, 0.3) is 0 Å². The van der Waals surface area contributed by atoms with Crippen molar-refractivity contribution in [3.63, 3.8) is 0 Å². The molecule has 1 aliphatic carbocycles. The second-order valence-electron chi connectivity index (χ2n) is 3.76. The normalized spacial score (nSPS) is 16.5. The number of hydrogen-bond acceptors (Lipinski definition) is 4. The summed E-state index contributed by atoms with van der Waals surface area (Å²) >= 11 is 0. The predicted molar refractivity (Wildman–Crippen MR) is 69.9 cm³/mol. The van der Waals surface area contributed by atoms with E-state index in [1.165, 1.54) is 0 Å². The van der Waals surface area contributed by atoms with Gasteiger partial charge in [0.15, 0.2) is 0 Å². The Morgan fingerprint density at radius 3 is 2.76 bits per heavy atom. The molecular weight excluding hydrogens is 214 g/mol. The van der Waals surface area contributed by atoms with Gasteiger partial charge < -0.3 is 5.11 Å². The van der Waals surface area contributed by atoms with E-state index in [1.54, 1.807) is 30.4 Å². The summed E-state index contributed by atoms with van der Waals surface area (Å²) in [6.45, 7) is 1.93. The molecule has 0 heterocycles. The minimum Gasteiger partial charge on any atom is -0.506 e. The Morgan fingerprint density at radius 1 is 1.24 bits per heavy atom. The Labute approximate surface area is 99.5 Å². The van der Waals surface area contributed by atoms with Crippen LogP contribution >= 0.6 is 0 Å². The van der Waals surface area contributed by atoms with Crippen LogP contribution in [0.3, 0.4) is 0 Å². The van der Waals surface area contributed by atoms with Gasteiger partial charge >= 0.3 is 0 Å². The average Bonchev–Trinajstić information content (AvgIpc) is 2.32. The molecule has 0 saturated carbocycles. The van der Waals surface area contributed by atoms with Gasteiger partial charge in [0, 0.05) is 0 Å². The first-order valence-corrected chi connectivity index (χ1v) is 5.24. The maximum absolute atomic E-state index is 9.61. The molecule has 4 nitrogen and oxygen atoms in total. The van der Waals surface area contributed by atoms with E-state index in [4.69, 9.17) is 5.41 Å². The molecular formula is C13H13N3O. The van der Waals surface area contributed by atoms with Crippen LogP contribution in [0.1, 0.15) is 5.56 Å². The second kappa shape index (κ2) is 4.65. The molecule has 0 fully saturated rings. The van der Waals surface area contributed by atoms with Crippen molar-refractivity contribution in [2.75, 3.05) is 5.43 Å². The lowest BCUT2D eigenvalue weighted by atomic mass is 10.1. The molecule has 0 aromatic heterocycles. The molecule has 1 aromatic rings. The first kappa shape index (κ1) is 11.1. The van der Waals surface area contributed by atoms with E-state index < -0.39 is 0 Å². The minimum atomic E-state index is 0.141. The van der Waals surface area contributed by atoms with Crippen molar-refractivity contribution in [3.8, 4) is 5.75 Å². The molecule has 17 heavy (non-hydrogen) atoms. The van der Waals surface area contributed by atoms with Crippen LogP contribution < -0.4 is 5.43 Å². The van der Waals surface area contributed by atoms with Gasteiger partial charge in [0.05, 0.1) is 11.4 Å². The lowest BCUT2D eigenvalue weighted by Gasteiger charge is -2.07. The van der Waals surface area contributed by atoms with Crippen LogP contribution in [-0.2, 0) is 0 Å². The van der Waals surface area contributed by atoms with E-state index >= 15 is 0 Å². The quantitative estimate of drug-likeness (QED) is 0.413. The predicted octanol–water partition coefficient (Wildman–Crippen LogP) is 2.61. The van der Waals surface area contributed by atoms with E-state index in [0.29, 0.717) is 17.1 Å². The van der Waals surface area contributed by atoms with Crippen molar-refractivity contribution in [2.24, 2.45) is 5.10 Å². The molecule has 0 amide bonds. The van der Waals surface area contributed by atoms with Crippen molar-refractivity contribution >= 4 is 17.1 Å². The standard InChI is InChI=1S/C13H13N3O/c1-9-6-7-13(17)12(8-9)16-15-11-5-3-2-4-10(11)14/h2-8,14,16-17H,1H3/b14-10?,15-11-. The highest BCUT2D eigenvalue weighted by Gasteiger charge is 2.04. The van der Waals surface area contributed by atoms with Gasteiger partial charge in [0.1, 0.15) is 11.5 Å². The molecule has 0 spiro atoms. The number of rotatable bonds is 2. The number of allylic oxidation sites excluding steroid dienone is 4. The van der Waals surface area contributed by atoms with Gasteiger partial charge in [-0.15, -0.1) is 0 Å². The number of nitrogens with zero attached hydrogens (tertiary/aromatic N) is 1. The number of anilines is 1. The van der Waals surface area contributed by atoms with Crippen LogP contribution in [0.5, 0.6) is 5.75 Å². The van der Waals surface area contributed by atoms with Crippen LogP contribution in [0.4, 0.5) is 5.69 Å². The van der Waals surface area contributed by atoms with Gasteiger partial charge in [-0.2, -0.15) is 5.10 Å². The fourth-order valence-corrected chi connectivity index (χ4v) is 1.43. The maximum Gasteiger partial charge on any atom is 0.140 e. The van der Waals surface area contributed by atoms with E-state index in [-0.39, 0.29) is 5.75 Å². The van der Waals surface area contributed by atoms with Crippen LogP contribution in [0.2, 0.25) is 0 Å². The lowest BCUT2D eigenvalue weighted by Crippen LogP contribution is -2.11. The van der Waals surface area contributed by atoms with Gasteiger partial charge in [-0.25, -0.2) is 0 Å². The van der Waals surface area contributed by atoms with Gasteiger partial charge in [-0.3, -0.25) is 10.8 Å². The third kappa shape index (κ3) is 2.60. The van der Waals surface area contributed by atoms with Crippen molar-refractivity contribution in [3.05, 3.63) is 48.1 Å². The summed E-state index contributed by atoms with van der Waals surface area (Å²) in [4.78, 5) is 0. The van der Waals surface area contributed by atoms with Gasteiger partial charge in [-0.05, 0) is 36.8 Å².